The van der Waals surface area contributed by atoms with E-state index in [4.69, 9.17) is 4.74 Å². The molecule has 8 nitrogen and oxygen atoms in total. The van der Waals surface area contributed by atoms with Crippen LogP contribution in [0.15, 0.2) is 36.8 Å². The topological polar surface area (TPSA) is 102 Å². The van der Waals surface area contributed by atoms with Gasteiger partial charge in [0, 0.05) is 29.3 Å². The number of nitrogens with one attached hydrogen (secondary N) is 1. The second-order valence-corrected chi connectivity index (χ2v) is 7.75. The molecule has 3 rings (SSSR count). The van der Waals surface area contributed by atoms with Crippen LogP contribution in [0.3, 0.4) is 0 Å². The van der Waals surface area contributed by atoms with Crippen molar-refractivity contribution >= 4 is 22.8 Å². The zero-order chi connectivity index (χ0) is 22.0. The van der Waals surface area contributed by atoms with Gasteiger partial charge in [-0.3, -0.25) is 4.79 Å². The lowest BCUT2D eigenvalue weighted by Gasteiger charge is -2.19. The van der Waals surface area contributed by atoms with E-state index in [-0.39, 0.29) is 12.0 Å². The quantitative estimate of drug-likeness (QED) is 0.632. The third kappa shape index (κ3) is 3.92. The molecule has 0 fully saturated rings. The summed E-state index contributed by atoms with van der Waals surface area (Å²) in [5.41, 5.74) is 2.61. The highest BCUT2D eigenvalue weighted by Crippen LogP contribution is 2.26. The maximum Gasteiger partial charge on any atom is 0.328 e. The van der Waals surface area contributed by atoms with Crippen molar-refractivity contribution in [3.63, 3.8) is 0 Å². The van der Waals surface area contributed by atoms with Gasteiger partial charge < -0.3 is 14.6 Å². The van der Waals surface area contributed by atoms with Gasteiger partial charge in [-0.05, 0) is 38.0 Å². The van der Waals surface area contributed by atoms with E-state index < -0.39 is 17.9 Å². The summed E-state index contributed by atoms with van der Waals surface area (Å²) in [5, 5.41) is 17.3. The first-order valence-electron chi connectivity index (χ1n) is 9.75. The molecule has 2 heterocycles. The average Bonchev–Trinajstić information content (AvgIpc) is 3.35. The molecule has 1 aromatic carbocycles. The maximum absolute atomic E-state index is 12.6. The molecule has 0 aliphatic heterocycles. The molecule has 8 heteroatoms. The smallest absolute Gasteiger partial charge is 0.328 e. The van der Waals surface area contributed by atoms with Gasteiger partial charge in [0.1, 0.15) is 12.1 Å². The molecule has 1 N–H and O–H groups in total. The SMILES string of the molecule is COC(=O)[C@@H](NC(=O)c1cnn(-c2ccc3c(c2)c(C#N)cn3C(C)C)c1)C(C)C. The van der Waals surface area contributed by atoms with E-state index in [0.29, 0.717) is 11.1 Å². The van der Waals surface area contributed by atoms with E-state index in [1.54, 1.807) is 10.9 Å². The Balaban J connectivity index is 1.90. The van der Waals surface area contributed by atoms with Crippen LogP contribution < -0.4 is 5.32 Å². The fourth-order valence-corrected chi connectivity index (χ4v) is 3.33. The van der Waals surface area contributed by atoms with Crippen LogP contribution in [0.25, 0.3) is 16.6 Å². The Morgan fingerprint density at radius 1 is 1.20 bits per heavy atom. The fraction of sp³-hybridized carbons (Fsp3) is 0.364. The summed E-state index contributed by atoms with van der Waals surface area (Å²) in [7, 11) is 1.29. The van der Waals surface area contributed by atoms with E-state index in [0.717, 1.165) is 16.6 Å². The Labute approximate surface area is 175 Å². The number of carbonyl (C=O) groups is 2. The van der Waals surface area contributed by atoms with Crippen molar-refractivity contribution in [1.82, 2.24) is 19.7 Å². The molecule has 0 bridgehead atoms. The Hall–Kier alpha value is -3.60. The van der Waals surface area contributed by atoms with Crippen LogP contribution in [-0.4, -0.2) is 39.4 Å². The Morgan fingerprint density at radius 2 is 1.93 bits per heavy atom. The first kappa shape index (κ1) is 21.1. The third-order valence-electron chi connectivity index (χ3n) is 5.01. The molecule has 0 spiro atoms. The molecule has 0 radical (unpaired) electrons. The Morgan fingerprint density at radius 3 is 2.53 bits per heavy atom. The predicted molar refractivity (Wildman–Crippen MR) is 112 cm³/mol. The van der Waals surface area contributed by atoms with Crippen LogP contribution in [0, 0.1) is 17.2 Å². The second kappa shape index (κ2) is 8.41. The lowest BCUT2D eigenvalue weighted by Crippen LogP contribution is -2.44. The van der Waals surface area contributed by atoms with Crippen molar-refractivity contribution in [1.29, 1.82) is 5.26 Å². The molecule has 30 heavy (non-hydrogen) atoms. The van der Waals surface area contributed by atoms with Crippen molar-refractivity contribution in [2.45, 2.75) is 39.8 Å². The number of hydrogen-bond donors (Lipinski definition) is 1. The summed E-state index contributed by atoms with van der Waals surface area (Å²) in [6.45, 7) is 7.78. The van der Waals surface area contributed by atoms with Crippen LogP contribution in [-0.2, 0) is 9.53 Å². The van der Waals surface area contributed by atoms with Gasteiger partial charge >= 0.3 is 5.97 Å². The molecule has 156 valence electrons. The number of amides is 1. The number of nitriles is 1. The summed E-state index contributed by atoms with van der Waals surface area (Å²) < 4.78 is 8.39. The monoisotopic (exact) mass is 407 g/mol. The first-order chi connectivity index (χ1) is 14.3. The van der Waals surface area contributed by atoms with Gasteiger partial charge in [0.15, 0.2) is 0 Å². The number of nitrogens with zero attached hydrogens (tertiary/aromatic N) is 4. The average molecular weight is 407 g/mol. The number of methoxy groups -OCH3 is 1. The Kier molecular flexibility index (Phi) is 5.92. The molecule has 3 aromatic rings. The third-order valence-corrected chi connectivity index (χ3v) is 5.01. The largest absolute Gasteiger partial charge is 0.467 e. The van der Waals surface area contributed by atoms with Gasteiger partial charge in [0.25, 0.3) is 5.91 Å². The van der Waals surface area contributed by atoms with Gasteiger partial charge in [0.2, 0.25) is 0 Å². The van der Waals surface area contributed by atoms with Crippen molar-refractivity contribution in [2.75, 3.05) is 7.11 Å². The van der Waals surface area contributed by atoms with Gasteiger partial charge in [-0.2, -0.15) is 10.4 Å². The van der Waals surface area contributed by atoms with Gasteiger partial charge in [-0.1, -0.05) is 13.8 Å². The number of carbonyl (C=O) groups excluding carboxylic acids is 2. The van der Waals surface area contributed by atoms with Crippen molar-refractivity contribution in [3.05, 3.63) is 47.9 Å². The lowest BCUT2D eigenvalue weighted by atomic mass is 10.0. The van der Waals surface area contributed by atoms with E-state index in [9.17, 15) is 14.9 Å². The molecular weight excluding hydrogens is 382 g/mol. The lowest BCUT2D eigenvalue weighted by molar-refractivity contribution is -0.144. The number of hydrogen-bond acceptors (Lipinski definition) is 5. The van der Waals surface area contributed by atoms with Crippen LogP contribution >= 0.6 is 0 Å². The number of ether oxygens (including phenoxy) is 1. The van der Waals surface area contributed by atoms with Crippen molar-refractivity contribution in [2.24, 2.45) is 5.92 Å². The van der Waals surface area contributed by atoms with Crippen LogP contribution in [0.2, 0.25) is 0 Å². The number of fused-ring (bicyclic) bond motifs is 1. The molecule has 0 unspecified atom stereocenters. The predicted octanol–water partition coefficient (Wildman–Crippen LogP) is 3.21. The molecular formula is C22H25N5O3. The highest BCUT2D eigenvalue weighted by Gasteiger charge is 2.26. The van der Waals surface area contributed by atoms with E-state index in [1.165, 1.54) is 13.3 Å². The summed E-state index contributed by atoms with van der Waals surface area (Å²) in [6, 6.07) is 7.44. The molecule has 1 atom stereocenters. The minimum atomic E-state index is -0.740. The zero-order valence-electron chi connectivity index (χ0n) is 17.7. The summed E-state index contributed by atoms with van der Waals surface area (Å²) in [5.74, 6) is -1.02. The fourth-order valence-electron chi connectivity index (χ4n) is 3.33. The highest BCUT2D eigenvalue weighted by molar-refractivity contribution is 5.96. The number of benzene rings is 1. The van der Waals surface area contributed by atoms with E-state index >= 15 is 0 Å². The number of aromatic nitrogens is 3. The second-order valence-electron chi connectivity index (χ2n) is 7.75. The van der Waals surface area contributed by atoms with Gasteiger partial charge in [-0.15, -0.1) is 0 Å². The molecule has 0 saturated carbocycles. The first-order valence-corrected chi connectivity index (χ1v) is 9.75. The van der Waals surface area contributed by atoms with E-state index in [2.05, 4.69) is 34.9 Å². The summed E-state index contributed by atoms with van der Waals surface area (Å²) >= 11 is 0. The zero-order valence-corrected chi connectivity index (χ0v) is 17.7. The minimum Gasteiger partial charge on any atom is -0.467 e. The standard InChI is InChI=1S/C22H25N5O3/c1-13(2)20(22(29)30-5)25-21(28)16-10-24-27(12-16)17-6-7-19-18(8-17)15(9-23)11-26(19)14(3)4/h6-8,10-14,20H,1-5H3,(H,25,28)/t20-/m0/s1. The van der Waals surface area contributed by atoms with Gasteiger partial charge in [-0.25, -0.2) is 9.48 Å². The minimum absolute atomic E-state index is 0.117. The Bertz CT molecular complexity index is 1130. The normalized spacial score (nSPS) is 12.2. The van der Waals surface area contributed by atoms with Crippen LogP contribution in [0.4, 0.5) is 0 Å². The molecule has 1 amide bonds. The summed E-state index contributed by atoms with van der Waals surface area (Å²) in [6.07, 6.45) is 4.88. The van der Waals surface area contributed by atoms with Crippen molar-refractivity contribution < 1.29 is 14.3 Å². The van der Waals surface area contributed by atoms with Gasteiger partial charge in [0.05, 0.1) is 30.1 Å². The summed E-state index contributed by atoms with van der Waals surface area (Å²) in [4.78, 5) is 24.5. The molecule has 2 aromatic heterocycles. The van der Waals surface area contributed by atoms with Crippen LogP contribution in [0.5, 0.6) is 0 Å². The molecule has 0 aliphatic rings. The number of esters is 1. The molecule has 0 saturated heterocycles. The highest BCUT2D eigenvalue weighted by atomic mass is 16.5. The number of rotatable bonds is 6. The maximum atomic E-state index is 12.6. The van der Waals surface area contributed by atoms with Crippen molar-refractivity contribution in [3.8, 4) is 11.8 Å². The molecule has 0 aliphatic carbocycles. The van der Waals surface area contributed by atoms with E-state index in [1.807, 2.05) is 38.2 Å². The van der Waals surface area contributed by atoms with Crippen LogP contribution in [0.1, 0.15) is 49.7 Å².